The van der Waals surface area contributed by atoms with E-state index in [1.54, 1.807) is 0 Å². The van der Waals surface area contributed by atoms with Crippen molar-refractivity contribution in [2.75, 3.05) is 6.61 Å². The highest BCUT2D eigenvalue weighted by Crippen LogP contribution is 2.13. The first-order valence-corrected chi connectivity index (χ1v) is 7.36. The predicted molar refractivity (Wildman–Crippen MR) is 81.8 cm³/mol. The molecule has 0 aliphatic heterocycles. The summed E-state index contributed by atoms with van der Waals surface area (Å²) in [6.07, 6.45) is 1.64. The summed E-state index contributed by atoms with van der Waals surface area (Å²) in [7, 11) is 0. The number of unbranched alkanes of at least 4 members (excludes halogenated alkanes) is 1. The summed E-state index contributed by atoms with van der Waals surface area (Å²) < 4.78 is 6.00. The standard InChI is InChI=1S/C16H18N2O5/c1-4-5-8-23-16(20)12-6-7-13-14(9-12)18(22)15(11(3)19)10(2)17(13)21/h6-7,9H,4-5,8H2,1-3H3. The molecule has 0 radical (unpaired) electrons. The molecule has 0 unspecified atom stereocenters. The third-order valence-electron chi connectivity index (χ3n) is 3.56. The number of Topliss-reactive ketones (excluding diaryl/α,β-unsaturated/α-hetero) is 1. The number of benzene rings is 1. The molecule has 23 heavy (non-hydrogen) atoms. The molecule has 1 aromatic carbocycles. The number of esters is 1. The molecule has 122 valence electrons. The summed E-state index contributed by atoms with van der Waals surface area (Å²) in [5.41, 5.74) is 0.00665. The number of carbonyl (C=O) groups is 2. The Morgan fingerprint density at radius 3 is 2.48 bits per heavy atom. The van der Waals surface area contributed by atoms with Crippen molar-refractivity contribution in [1.82, 2.24) is 0 Å². The molecule has 0 aliphatic carbocycles. The van der Waals surface area contributed by atoms with Gasteiger partial charge in [0, 0.05) is 26.0 Å². The Bertz CT molecular complexity index is 786. The molecule has 0 fully saturated rings. The molecular formula is C16H18N2O5. The lowest BCUT2D eigenvalue weighted by Gasteiger charge is -2.10. The van der Waals surface area contributed by atoms with Crippen LogP contribution in [0.5, 0.6) is 0 Å². The van der Waals surface area contributed by atoms with E-state index < -0.39 is 11.8 Å². The quantitative estimate of drug-likeness (QED) is 0.274. The van der Waals surface area contributed by atoms with E-state index in [-0.39, 0.29) is 28.0 Å². The van der Waals surface area contributed by atoms with Crippen LogP contribution in [0.1, 0.15) is 53.2 Å². The lowest BCUT2D eigenvalue weighted by Crippen LogP contribution is -2.46. The van der Waals surface area contributed by atoms with Crippen LogP contribution < -0.4 is 9.46 Å². The van der Waals surface area contributed by atoms with Gasteiger partial charge in [0.1, 0.15) is 0 Å². The molecule has 1 heterocycles. The first kappa shape index (κ1) is 16.7. The SMILES string of the molecule is CCCCOC(=O)c1ccc2c(c1)[n+]([O-])c(C(C)=O)c(C)[n+]2[O-]. The number of fused-ring (bicyclic) bond motifs is 1. The van der Waals surface area contributed by atoms with Crippen LogP contribution in [0, 0.1) is 17.3 Å². The number of hydrogen-bond acceptors (Lipinski definition) is 5. The van der Waals surface area contributed by atoms with E-state index in [0.29, 0.717) is 16.1 Å². The predicted octanol–water partition coefficient (Wildman–Crippen LogP) is 1.57. The van der Waals surface area contributed by atoms with Gasteiger partial charge in [-0.25, -0.2) is 4.79 Å². The molecule has 2 rings (SSSR count). The van der Waals surface area contributed by atoms with Crippen molar-refractivity contribution in [1.29, 1.82) is 0 Å². The van der Waals surface area contributed by atoms with Crippen LogP contribution >= 0.6 is 0 Å². The summed E-state index contributed by atoms with van der Waals surface area (Å²) in [5, 5.41) is 24.6. The monoisotopic (exact) mass is 318 g/mol. The third-order valence-corrected chi connectivity index (χ3v) is 3.56. The van der Waals surface area contributed by atoms with E-state index in [1.165, 1.54) is 32.0 Å². The molecule has 2 aromatic rings. The lowest BCUT2D eigenvalue weighted by atomic mass is 10.1. The second-order valence-electron chi connectivity index (χ2n) is 5.27. The number of ketones is 1. The van der Waals surface area contributed by atoms with Crippen LogP contribution in [0.4, 0.5) is 0 Å². The number of nitrogens with zero attached hydrogens (tertiary/aromatic N) is 2. The zero-order chi connectivity index (χ0) is 17.1. The molecule has 0 saturated carbocycles. The van der Waals surface area contributed by atoms with Gasteiger partial charge in [-0.2, -0.15) is 9.46 Å². The van der Waals surface area contributed by atoms with E-state index in [1.807, 2.05) is 6.92 Å². The highest BCUT2D eigenvalue weighted by atomic mass is 16.5. The maximum Gasteiger partial charge on any atom is 0.338 e. The van der Waals surface area contributed by atoms with Gasteiger partial charge in [-0.15, -0.1) is 0 Å². The highest BCUT2D eigenvalue weighted by Gasteiger charge is 2.29. The van der Waals surface area contributed by atoms with E-state index >= 15 is 0 Å². The summed E-state index contributed by atoms with van der Waals surface area (Å²) in [6.45, 7) is 4.89. The van der Waals surface area contributed by atoms with Crippen molar-refractivity contribution in [2.45, 2.75) is 33.6 Å². The van der Waals surface area contributed by atoms with Crippen molar-refractivity contribution < 1.29 is 23.8 Å². The number of hydrogen-bond donors (Lipinski definition) is 0. The van der Waals surface area contributed by atoms with Gasteiger partial charge in [0.25, 0.3) is 16.7 Å². The Hall–Kier alpha value is -2.70. The van der Waals surface area contributed by atoms with Gasteiger partial charge in [-0.05, 0) is 12.5 Å². The fraction of sp³-hybridized carbons (Fsp3) is 0.375. The molecule has 7 heteroatoms. The van der Waals surface area contributed by atoms with E-state index in [2.05, 4.69) is 0 Å². The largest absolute Gasteiger partial charge is 0.618 e. The van der Waals surface area contributed by atoms with Gasteiger partial charge in [0.2, 0.25) is 5.78 Å². The second-order valence-corrected chi connectivity index (χ2v) is 5.27. The van der Waals surface area contributed by atoms with Crippen molar-refractivity contribution in [2.24, 2.45) is 0 Å². The molecule has 0 aliphatic rings. The average molecular weight is 318 g/mol. The van der Waals surface area contributed by atoms with Crippen LogP contribution in [-0.4, -0.2) is 18.4 Å². The summed E-state index contributed by atoms with van der Waals surface area (Å²) in [6, 6.07) is 4.08. The van der Waals surface area contributed by atoms with Gasteiger partial charge >= 0.3 is 11.7 Å². The topological polar surface area (TPSA) is 97.2 Å². The van der Waals surface area contributed by atoms with E-state index in [9.17, 15) is 20.0 Å². The van der Waals surface area contributed by atoms with Gasteiger partial charge < -0.3 is 15.2 Å². The molecule has 0 saturated heterocycles. The number of rotatable bonds is 5. The minimum absolute atomic E-state index is 0.0262. The molecule has 0 amide bonds. The first-order valence-electron chi connectivity index (χ1n) is 7.36. The maximum atomic E-state index is 12.4. The van der Waals surface area contributed by atoms with Crippen molar-refractivity contribution >= 4 is 22.8 Å². The summed E-state index contributed by atoms with van der Waals surface area (Å²) in [5.74, 6) is -1.08. The number of ether oxygens (including phenoxy) is 1. The second kappa shape index (κ2) is 6.60. The van der Waals surface area contributed by atoms with Gasteiger partial charge in [-0.3, -0.25) is 4.79 Å². The van der Waals surface area contributed by atoms with Crippen molar-refractivity contribution in [3.05, 3.63) is 45.6 Å². The minimum atomic E-state index is -0.567. The van der Waals surface area contributed by atoms with Crippen molar-refractivity contribution in [3.63, 3.8) is 0 Å². The molecule has 7 nitrogen and oxygen atoms in total. The summed E-state index contributed by atoms with van der Waals surface area (Å²) >= 11 is 0. The smallest absolute Gasteiger partial charge is 0.338 e. The highest BCUT2D eigenvalue weighted by molar-refractivity contribution is 5.94. The van der Waals surface area contributed by atoms with Gasteiger partial charge in [0.05, 0.1) is 12.2 Å². The summed E-state index contributed by atoms with van der Waals surface area (Å²) in [4.78, 5) is 23.6. The molecule has 0 spiro atoms. The van der Waals surface area contributed by atoms with Gasteiger partial charge in [-0.1, -0.05) is 13.3 Å². The molecule has 1 aromatic heterocycles. The Labute approximate surface area is 133 Å². The minimum Gasteiger partial charge on any atom is -0.618 e. The molecule has 0 bridgehead atoms. The number of aromatic nitrogens is 2. The van der Waals surface area contributed by atoms with E-state index in [0.717, 1.165) is 12.8 Å². The average Bonchev–Trinajstić information content (AvgIpc) is 2.52. The van der Waals surface area contributed by atoms with Gasteiger partial charge in [0.15, 0.2) is 0 Å². The van der Waals surface area contributed by atoms with E-state index in [4.69, 9.17) is 4.74 Å². The Balaban J connectivity index is 2.54. The third kappa shape index (κ3) is 3.08. The lowest BCUT2D eigenvalue weighted by molar-refractivity contribution is -0.635. The Morgan fingerprint density at radius 2 is 1.87 bits per heavy atom. The Morgan fingerprint density at radius 1 is 1.17 bits per heavy atom. The molecule has 0 N–H and O–H groups in total. The zero-order valence-corrected chi connectivity index (χ0v) is 13.3. The van der Waals surface area contributed by atoms with Crippen LogP contribution in [0.3, 0.4) is 0 Å². The van der Waals surface area contributed by atoms with Crippen LogP contribution in [0.25, 0.3) is 11.0 Å². The van der Waals surface area contributed by atoms with Crippen LogP contribution in [0.2, 0.25) is 0 Å². The fourth-order valence-electron chi connectivity index (χ4n) is 2.32. The molecular weight excluding hydrogens is 300 g/mol. The Kier molecular flexibility index (Phi) is 4.78. The maximum absolute atomic E-state index is 12.4. The van der Waals surface area contributed by atoms with Crippen molar-refractivity contribution in [3.8, 4) is 0 Å². The van der Waals surface area contributed by atoms with Crippen LogP contribution in [0.15, 0.2) is 18.2 Å². The zero-order valence-electron chi connectivity index (χ0n) is 13.3. The van der Waals surface area contributed by atoms with Crippen LogP contribution in [-0.2, 0) is 4.74 Å². The fourth-order valence-corrected chi connectivity index (χ4v) is 2.32. The normalized spacial score (nSPS) is 10.7. The first-order chi connectivity index (χ1) is 10.9. The number of carbonyl (C=O) groups excluding carboxylic acids is 2. The molecule has 0 atom stereocenters.